The number of imide groups is 1. The summed E-state index contributed by atoms with van der Waals surface area (Å²) >= 11 is 0. The maximum absolute atomic E-state index is 12.5. The number of aryl methyl sites for hydroxylation is 1. The van der Waals surface area contributed by atoms with Crippen molar-refractivity contribution in [3.8, 4) is 5.88 Å². The molecule has 0 atom stereocenters. The molecule has 0 unspecified atom stereocenters. The molecule has 0 spiro atoms. The minimum absolute atomic E-state index is 0.187. The zero-order valence-corrected chi connectivity index (χ0v) is 17.6. The lowest BCUT2D eigenvalue weighted by molar-refractivity contribution is 0.0646. The first-order valence-electron chi connectivity index (χ1n) is 10.9. The van der Waals surface area contributed by atoms with Crippen LogP contribution < -0.4 is 4.74 Å². The lowest BCUT2D eigenvalue weighted by Gasteiger charge is -2.21. The number of carbonyl (C=O) groups is 2. The van der Waals surface area contributed by atoms with E-state index < -0.39 is 0 Å². The average Bonchev–Trinajstić information content (AvgIpc) is 2.92. The summed E-state index contributed by atoms with van der Waals surface area (Å²) in [6, 6.07) is 15.5. The minimum atomic E-state index is -0.187. The molecule has 2 amide bonds. The van der Waals surface area contributed by atoms with Gasteiger partial charge in [0.15, 0.2) is 0 Å². The van der Waals surface area contributed by atoms with Crippen LogP contribution in [0.25, 0.3) is 10.9 Å². The van der Waals surface area contributed by atoms with E-state index >= 15 is 0 Å². The Labute approximate surface area is 181 Å². The maximum Gasteiger partial charge on any atom is 0.261 e. The first-order chi connectivity index (χ1) is 15.2. The van der Waals surface area contributed by atoms with Crippen LogP contribution in [0.1, 0.15) is 45.2 Å². The van der Waals surface area contributed by atoms with Crippen LogP contribution in [0.3, 0.4) is 0 Å². The quantitative estimate of drug-likeness (QED) is 0.595. The first-order valence-corrected chi connectivity index (χ1v) is 10.9. The number of ether oxygens (including phenoxy) is 1. The summed E-state index contributed by atoms with van der Waals surface area (Å²) < 4.78 is 5.97. The summed E-state index contributed by atoms with van der Waals surface area (Å²) in [5.41, 5.74) is 4.34. The molecule has 5 rings (SSSR count). The second kappa shape index (κ2) is 8.12. The van der Waals surface area contributed by atoms with Crippen molar-refractivity contribution in [2.24, 2.45) is 0 Å². The van der Waals surface area contributed by atoms with Crippen LogP contribution in [-0.4, -0.2) is 52.8 Å². The van der Waals surface area contributed by atoms with Crippen LogP contribution in [-0.2, 0) is 13.0 Å². The molecule has 2 aliphatic rings. The van der Waals surface area contributed by atoms with Crippen molar-refractivity contribution in [3.05, 3.63) is 70.8 Å². The second-order valence-corrected chi connectivity index (χ2v) is 8.08. The van der Waals surface area contributed by atoms with E-state index in [1.165, 1.54) is 10.5 Å². The van der Waals surface area contributed by atoms with E-state index in [-0.39, 0.29) is 11.8 Å². The molecule has 158 valence electrons. The van der Waals surface area contributed by atoms with Gasteiger partial charge in [0.2, 0.25) is 5.88 Å². The number of aromatic nitrogens is 1. The molecule has 0 fully saturated rings. The third kappa shape index (κ3) is 3.57. The summed E-state index contributed by atoms with van der Waals surface area (Å²) in [7, 11) is 0. The molecule has 6 heteroatoms. The molecule has 0 N–H and O–H groups in total. The van der Waals surface area contributed by atoms with Crippen molar-refractivity contribution in [3.63, 3.8) is 0 Å². The summed E-state index contributed by atoms with van der Waals surface area (Å²) in [6.45, 7) is 5.45. The number of hydrogen-bond donors (Lipinski definition) is 0. The van der Waals surface area contributed by atoms with Gasteiger partial charge in [0, 0.05) is 37.1 Å². The fourth-order valence-corrected chi connectivity index (χ4v) is 4.49. The highest BCUT2D eigenvalue weighted by atomic mass is 16.5. The molecule has 0 radical (unpaired) electrons. The molecule has 1 aromatic heterocycles. The summed E-state index contributed by atoms with van der Waals surface area (Å²) in [5, 5.41) is 1.13. The highest BCUT2D eigenvalue weighted by molar-refractivity contribution is 6.21. The van der Waals surface area contributed by atoms with Gasteiger partial charge in [-0.3, -0.25) is 19.4 Å². The minimum Gasteiger partial charge on any atom is -0.476 e. The molecule has 2 aliphatic heterocycles. The number of amides is 2. The molecule has 0 aliphatic carbocycles. The molecule has 3 aromatic rings. The van der Waals surface area contributed by atoms with Crippen LogP contribution in [0, 0.1) is 0 Å². The fraction of sp³-hybridized carbons (Fsp3) is 0.320. The molecule has 0 bridgehead atoms. The molecule has 31 heavy (non-hydrogen) atoms. The van der Waals surface area contributed by atoms with Crippen molar-refractivity contribution in [2.45, 2.75) is 26.3 Å². The van der Waals surface area contributed by atoms with E-state index in [1.54, 1.807) is 24.3 Å². The summed E-state index contributed by atoms with van der Waals surface area (Å²) in [5.74, 6) is 0.344. The predicted octanol–water partition coefficient (Wildman–Crippen LogP) is 3.68. The van der Waals surface area contributed by atoms with Gasteiger partial charge in [0.25, 0.3) is 11.8 Å². The number of para-hydroxylation sites is 1. The van der Waals surface area contributed by atoms with E-state index in [2.05, 4.69) is 36.1 Å². The zero-order chi connectivity index (χ0) is 21.4. The van der Waals surface area contributed by atoms with Crippen molar-refractivity contribution in [1.29, 1.82) is 0 Å². The number of pyridine rings is 1. The van der Waals surface area contributed by atoms with E-state index in [1.807, 2.05) is 0 Å². The average molecular weight is 415 g/mol. The summed E-state index contributed by atoms with van der Waals surface area (Å²) in [6.07, 6.45) is 1.66. The monoisotopic (exact) mass is 415 g/mol. The molecule has 0 saturated carbocycles. The molecule has 0 saturated heterocycles. The Bertz CT molecular complexity index is 1140. The highest BCUT2D eigenvalue weighted by Crippen LogP contribution is 2.28. The molecule has 2 aromatic carbocycles. The SMILES string of the molecule is CCc1cccc2cc3c(nc12)OCCN(CCCN1C(=O)c2ccccc2C1=O)C3. The lowest BCUT2D eigenvalue weighted by atomic mass is 10.1. The van der Waals surface area contributed by atoms with E-state index in [0.29, 0.717) is 24.3 Å². The maximum atomic E-state index is 12.5. The van der Waals surface area contributed by atoms with E-state index in [0.717, 1.165) is 54.8 Å². The van der Waals surface area contributed by atoms with Gasteiger partial charge in [-0.05, 0) is 36.6 Å². The molecular weight excluding hydrogens is 390 g/mol. The third-order valence-electron chi connectivity index (χ3n) is 6.12. The number of fused-ring (bicyclic) bond motifs is 3. The molecule has 3 heterocycles. The number of benzene rings is 2. The molecular formula is C25H25N3O3. The normalized spacial score (nSPS) is 16.2. The Kier molecular flexibility index (Phi) is 5.16. The zero-order valence-electron chi connectivity index (χ0n) is 17.6. The van der Waals surface area contributed by atoms with Crippen molar-refractivity contribution in [1.82, 2.24) is 14.8 Å². The van der Waals surface area contributed by atoms with Gasteiger partial charge in [-0.1, -0.05) is 37.3 Å². The van der Waals surface area contributed by atoms with Gasteiger partial charge in [-0.15, -0.1) is 0 Å². The van der Waals surface area contributed by atoms with Gasteiger partial charge in [-0.25, -0.2) is 4.98 Å². The number of rotatable bonds is 5. The van der Waals surface area contributed by atoms with E-state index in [4.69, 9.17) is 9.72 Å². The highest BCUT2D eigenvalue weighted by Gasteiger charge is 2.34. The van der Waals surface area contributed by atoms with E-state index in [9.17, 15) is 9.59 Å². The van der Waals surface area contributed by atoms with Crippen LogP contribution in [0.2, 0.25) is 0 Å². The standard InChI is InChI=1S/C25H25N3O3/c1-2-17-7-5-8-18-15-19-16-27(13-14-31-23(19)26-22(17)18)11-6-12-28-24(29)20-9-3-4-10-21(20)25(28)30/h3-5,7-10,15H,2,6,11-14,16H2,1H3. The topological polar surface area (TPSA) is 62.7 Å². The Morgan fingerprint density at radius 1 is 1.00 bits per heavy atom. The number of carbonyl (C=O) groups excluding carboxylic acids is 2. The Balaban J connectivity index is 1.27. The largest absolute Gasteiger partial charge is 0.476 e. The first kappa shape index (κ1) is 19.7. The van der Waals surface area contributed by atoms with Gasteiger partial charge >= 0.3 is 0 Å². The van der Waals surface area contributed by atoms with Crippen LogP contribution in [0.4, 0.5) is 0 Å². The van der Waals surface area contributed by atoms with Crippen molar-refractivity contribution < 1.29 is 14.3 Å². The van der Waals surface area contributed by atoms with Crippen molar-refractivity contribution >= 4 is 22.7 Å². The van der Waals surface area contributed by atoms with Gasteiger partial charge < -0.3 is 4.74 Å². The van der Waals surface area contributed by atoms with Crippen LogP contribution in [0.5, 0.6) is 5.88 Å². The smallest absolute Gasteiger partial charge is 0.261 e. The van der Waals surface area contributed by atoms with Crippen LogP contribution in [0.15, 0.2) is 48.5 Å². The molecule has 6 nitrogen and oxygen atoms in total. The summed E-state index contributed by atoms with van der Waals surface area (Å²) in [4.78, 5) is 33.6. The predicted molar refractivity (Wildman–Crippen MR) is 118 cm³/mol. The Hall–Kier alpha value is -3.25. The number of hydrogen-bond acceptors (Lipinski definition) is 5. The van der Waals surface area contributed by atoms with Crippen LogP contribution >= 0.6 is 0 Å². The number of nitrogens with zero attached hydrogens (tertiary/aromatic N) is 3. The Morgan fingerprint density at radius 2 is 1.77 bits per heavy atom. The fourth-order valence-electron chi connectivity index (χ4n) is 4.49. The van der Waals surface area contributed by atoms with Gasteiger partial charge in [0.1, 0.15) is 6.61 Å². The van der Waals surface area contributed by atoms with Crippen molar-refractivity contribution in [2.75, 3.05) is 26.2 Å². The van der Waals surface area contributed by atoms with Gasteiger partial charge in [-0.2, -0.15) is 0 Å². The third-order valence-corrected chi connectivity index (χ3v) is 6.12. The second-order valence-electron chi connectivity index (χ2n) is 8.08. The lowest BCUT2D eigenvalue weighted by Crippen LogP contribution is -2.34. The van der Waals surface area contributed by atoms with Gasteiger partial charge in [0.05, 0.1) is 16.6 Å². The Morgan fingerprint density at radius 3 is 2.52 bits per heavy atom.